The molecular weight excluding hydrogens is 214 g/mol. The van der Waals surface area contributed by atoms with Crippen LogP contribution in [0.25, 0.3) is 0 Å². The molecule has 16 heavy (non-hydrogen) atoms. The summed E-state index contributed by atoms with van der Waals surface area (Å²) in [5.74, 6) is 0. The van der Waals surface area contributed by atoms with Crippen molar-refractivity contribution < 1.29 is 0 Å². The van der Waals surface area contributed by atoms with Gasteiger partial charge >= 0.3 is 0 Å². The second-order valence-electron chi connectivity index (χ2n) is 5.49. The first-order valence-corrected chi connectivity index (χ1v) is 6.59. The summed E-state index contributed by atoms with van der Waals surface area (Å²) < 4.78 is 3.44. The molecule has 1 aromatic carbocycles. The van der Waals surface area contributed by atoms with Crippen LogP contribution in [0.3, 0.4) is 0 Å². The van der Waals surface area contributed by atoms with Gasteiger partial charge in [0, 0.05) is 4.75 Å². The van der Waals surface area contributed by atoms with Gasteiger partial charge in [-0.2, -0.15) is 0 Å². The zero-order valence-corrected chi connectivity index (χ0v) is 11.8. The smallest absolute Gasteiger partial charge is 0.0256 e. The average Bonchev–Trinajstić information content (AvgIpc) is 2.17. The van der Waals surface area contributed by atoms with E-state index in [-0.39, 0.29) is 10.2 Å². The first-order valence-electron chi connectivity index (χ1n) is 5.78. The molecular formula is C14H23NS. The number of nitrogens with one attached hydrogen (secondary N) is 1. The fourth-order valence-corrected chi connectivity index (χ4v) is 3.35. The monoisotopic (exact) mass is 237 g/mol. The molecule has 0 radical (unpaired) electrons. The van der Waals surface area contributed by atoms with Gasteiger partial charge in [-0.1, -0.05) is 56.1 Å². The molecule has 0 spiro atoms. The topological polar surface area (TPSA) is 12.0 Å². The molecule has 0 aliphatic rings. The largest absolute Gasteiger partial charge is 0.267 e. The molecule has 0 bridgehead atoms. The maximum Gasteiger partial charge on any atom is 0.0256 e. The second-order valence-corrected chi connectivity index (χ2v) is 7.21. The van der Waals surface area contributed by atoms with E-state index in [0.717, 1.165) is 6.42 Å². The Kier molecular flexibility index (Phi) is 4.45. The van der Waals surface area contributed by atoms with Crippen LogP contribution in [0, 0.1) is 0 Å². The minimum absolute atomic E-state index is 0.217. The molecule has 0 heterocycles. The molecule has 0 fully saturated rings. The van der Waals surface area contributed by atoms with E-state index in [4.69, 9.17) is 0 Å². The lowest BCUT2D eigenvalue weighted by Crippen LogP contribution is -2.30. The summed E-state index contributed by atoms with van der Waals surface area (Å²) in [5, 5.41) is 0. The van der Waals surface area contributed by atoms with Crippen molar-refractivity contribution in [1.29, 1.82) is 0 Å². The maximum atomic E-state index is 3.20. The van der Waals surface area contributed by atoms with Gasteiger partial charge in [-0.25, -0.2) is 0 Å². The number of hydrogen-bond acceptors (Lipinski definition) is 2. The van der Waals surface area contributed by atoms with E-state index in [2.05, 4.69) is 62.7 Å². The summed E-state index contributed by atoms with van der Waals surface area (Å²) in [5.41, 5.74) is 1.63. The van der Waals surface area contributed by atoms with Crippen molar-refractivity contribution in [2.24, 2.45) is 0 Å². The molecule has 0 atom stereocenters. The Morgan fingerprint density at radius 2 is 1.62 bits per heavy atom. The van der Waals surface area contributed by atoms with Gasteiger partial charge < -0.3 is 0 Å². The minimum Gasteiger partial charge on any atom is -0.267 e. The highest BCUT2D eigenvalue weighted by Crippen LogP contribution is 2.37. The standard InChI is InChI=1S/C14H23NS/c1-13(2,11-14(3,4)16-15-5)12-9-7-6-8-10-12/h6-10,15H,11H2,1-5H3. The first kappa shape index (κ1) is 13.6. The predicted molar refractivity (Wildman–Crippen MR) is 74.8 cm³/mol. The summed E-state index contributed by atoms with van der Waals surface area (Å²) in [6, 6.07) is 10.8. The van der Waals surface area contributed by atoms with Gasteiger partial charge in [0.25, 0.3) is 0 Å². The normalized spacial score (nSPS) is 12.8. The average molecular weight is 237 g/mol. The molecule has 0 saturated carbocycles. The van der Waals surface area contributed by atoms with E-state index < -0.39 is 0 Å². The van der Waals surface area contributed by atoms with Crippen LogP contribution in [0.4, 0.5) is 0 Å². The molecule has 0 unspecified atom stereocenters. The zero-order valence-electron chi connectivity index (χ0n) is 11.0. The van der Waals surface area contributed by atoms with E-state index >= 15 is 0 Å². The van der Waals surface area contributed by atoms with E-state index in [1.54, 1.807) is 11.9 Å². The fraction of sp³-hybridized carbons (Fsp3) is 0.571. The Labute approximate surface area is 104 Å². The molecule has 0 amide bonds. The lowest BCUT2D eigenvalue weighted by atomic mass is 9.77. The Balaban J connectivity index is 2.79. The third-order valence-electron chi connectivity index (χ3n) is 2.80. The van der Waals surface area contributed by atoms with Crippen molar-refractivity contribution in [3.8, 4) is 0 Å². The molecule has 2 heteroatoms. The molecule has 90 valence electrons. The quantitative estimate of drug-likeness (QED) is 0.777. The van der Waals surface area contributed by atoms with Gasteiger partial charge in [-0.15, -0.1) is 0 Å². The molecule has 0 aromatic heterocycles. The lowest BCUT2D eigenvalue weighted by molar-refractivity contribution is 0.424. The van der Waals surface area contributed by atoms with Crippen LogP contribution in [0.2, 0.25) is 0 Å². The van der Waals surface area contributed by atoms with E-state index in [1.807, 2.05) is 7.05 Å². The lowest BCUT2D eigenvalue weighted by Gasteiger charge is -2.34. The van der Waals surface area contributed by atoms with Gasteiger partial charge in [0.15, 0.2) is 0 Å². The molecule has 1 nitrogen and oxygen atoms in total. The van der Waals surface area contributed by atoms with Crippen molar-refractivity contribution in [1.82, 2.24) is 4.72 Å². The van der Waals surface area contributed by atoms with Crippen LogP contribution in [0.5, 0.6) is 0 Å². The van der Waals surface area contributed by atoms with Crippen LogP contribution < -0.4 is 4.72 Å². The van der Waals surface area contributed by atoms with Gasteiger partial charge in [-0.3, -0.25) is 4.72 Å². The van der Waals surface area contributed by atoms with Crippen LogP contribution in [0.1, 0.15) is 39.7 Å². The Bertz CT molecular complexity index is 317. The molecule has 0 aliphatic carbocycles. The second kappa shape index (κ2) is 5.24. The van der Waals surface area contributed by atoms with Crippen molar-refractivity contribution in [3.05, 3.63) is 35.9 Å². The number of rotatable bonds is 5. The predicted octanol–water partition coefficient (Wildman–Crippen LogP) is 4.00. The van der Waals surface area contributed by atoms with Crippen LogP contribution in [-0.4, -0.2) is 11.8 Å². The number of benzene rings is 1. The maximum absolute atomic E-state index is 3.20. The van der Waals surface area contributed by atoms with Gasteiger partial charge in [0.05, 0.1) is 0 Å². The Morgan fingerprint density at radius 1 is 1.06 bits per heavy atom. The van der Waals surface area contributed by atoms with Gasteiger partial charge in [-0.05, 0) is 38.3 Å². The summed E-state index contributed by atoms with van der Waals surface area (Å²) in [6.45, 7) is 9.22. The first-order chi connectivity index (χ1) is 7.37. The van der Waals surface area contributed by atoms with E-state index in [1.165, 1.54) is 5.56 Å². The van der Waals surface area contributed by atoms with Crippen LogP contribution in [-0.2, 0) is 5.41 Å². The highest BCUT2D eigenvalue weighted by molar-refractivity contribution is 7.98. The van der Waals surface area contributed by atoms with Crippen molar-refractivity contribution in [2.45, 2.75) is 44.3 Å². The summed E-state index contributed by atoms with van der Waals surface area (Å²) >= 11 is 1.81. The molecule has 0 saturated heterocycles. The summed E-state index contributed by atoms with van der Waals surface area (Å²) in [4.78, 5) is 0. The highest BCUT2D eigenvalue weighted by atomic mass is 32.2. The van der Waals surface area contributed by atoms with Gasteiger partial charge in [0.2, 0.25) is 0 Å². The van der Waals surface area contributed by atoms with Crippen molar-refractivity contribution in [3.63, 3.8) is 0 Å². The molecule has 1 N–H and O–H groups in total. The van der Waals surface area contributed by atoms with E-state index in [9.17, 15) is 0 Å². The molecule has 0 aliphatic heterocycles. The van der Waals surface area contributed by atoms with Gasteiger partial charge in [0.1, 0.15) is 0 Å². The van der Waals surface area contributed by atoms with E-state index in [0.29, 0.717) is 0 Å². The third kappa shape index (κ3) is 3.84. The Hall–Kier alpha value is -0.470. The Morgan fingerprint density at radius 3 is 2.12 bits per heavy atom. The van der Waals surface area contributed by atoms with Crippen LogP contribution >= 0.6 is 11.9 Å². The zero-order chi connectivity index (χ0) is 12.2. The molecule has 1 rings (SSSR count). The number of hydrogen-bond donors (Lipinski definition) is 1. The highest BCUT2D eigenvalue weighted by Gasteiger charge is 2.30. The van der Waals surface area contributed by atoms with Crippen molar-refractivity contribution in [2.75, 3.05) is 7.05 Å². The minimum atomic E-state index is 0.217. The molecule has 1 aromatic rings. The fourth-order valence-electron chi connectivity index (χ4n) is 2.37. The SMILES string of the molecule is CNSC(C)(C)CC(C)(C)c1ccccc1. The van der Waals surface area contributed by atoms with Crippen LogP contribution in [0.15, 0.2) is 30.3 Å². The van der Waals surface area contributed by atoms with Crippen molar-refractivity contribution >= 4 is 11.9 Å². The summed E-state index contributed by atoms with van der Waals surface area (Å²) in [6.07, 6.45) is 1.15. The summed E-state index contributed by atoms with van der Waals surface area (Å²) in [7, 11) is 1.99. The third-order valence-corrected chi connectivity index (χ3v) is 3.70.